The maximum Gasteiger partial charge on any atom is 0.174 e. The van der Waals surface area contributed by atoms with Crippen LogP contribution in [-0.2, 0) is 11.4 Å². The molecule has 1 fully saturated rings. The van der Waals surface area contributed by atoms with Gasteiger partial charge in [0.05, 0.1) is 6.54 Å². The van der Waals surface area contributed by atoms with Gasteiger partial charge >= 0.3 is 0 Å². The van der Waals surface area contributed by atoms with Gasteiger partial charge in [-0.15, -0.1) is 5.10 Å². The summed E-state index contributed by atoms with van der Waals surface area (Å²) in [6.45, 7) is 3.00. The Hall–Kier alpha value is -1.75. The van der Waals surface area contributed by atoms with Gasteiger partial charge in [-0.2, -0.15) is 10.3 Å². The van der Waals surface area contributed by atoms with Crippen molar-refractivity contribution in [2.45, 2.75) is 45.6 Å². The summed E-state index contributed by atoms with van der Waals surface area (Å²) in [5.74, 6) is 1.61. The van der Waals surface area contributed by atoms with Crippen LogP contribution in [0.25, 0.3) is 11.4 Å². The first-order chi connectivity index (χ1) is 10.3. The Morgan fingerprint density at radius 3 is 2.90 bits per heavy atom. The number of hydroxylamine groups is 1. The number of rotatable bonds is 5. The first kappa shape index (κ1) is 14.2. The van der Waals surface area contributed by atoms with Crippen molar-refractivity contribution in [3.63, 3.8) is 0 Å². The Labute approximate surface area is 125 Å². The van der Waals surface area contributed by atoms with Crippen molar-refractivity contribution in [2.75, 3.05) is 7.05 Å². The molecule has 1 saturated carbocycles. The summed E-state index contributed by atoms with van der Waals surface area (Å²) in [6.07, 6.45) is 10.9. The number of hydrogen-bond acceptors (Lipinski definition) is 3. The molecule has 0 atom stereocenters. The van der Waals surface area contributed by atoms with Gasteiger partial charge in [0, 0.05) is 18.8 Å². The smallest absolute Gasteiger partial charge is 0.174 e. The van der Waals surface area contributed by atoms with Crippen molar-refractivity contribution in [1.29, 1.82) is 0 Å². The first-order valence-electron chi connectivity index (χ1n) is 7.87. The molecule has 114 valence electrons. The minimum atomic E-state index is 0.779. The molecule has 0 saturated heterocycles. The molecule has 0 aromatic carbocycles. The number of fused-ring (bicyclic) bond motifs is 1. The second-order valence-corrected chi connectivity index (χ2v) is 5.74. The number of nitrogens with zero attached hydrogens (tertiary/aromatic N) is 3. The van der Waals surface area contributed by atoms with Crippen LogP contribution >= 0.6 is 0 Å². The zero-order valence-corrected chi connectivity index (χ0v) is 12.9. The number of hydrogen-bond donors (Lipinski definition) is 1. The Bertz CT molecular complexity index is 619. The van der Waals surface area contributed by atoms with E-state index in [0.29, 0.717) is 0 Å². The zero-order chi connectivity index (χ0) is 14.7. The highest BCUT2D eigenvalue weighted by atomic mass is 16.6. The van der Waals surface area contributed by atoms with Crippen LogP contribution in [0.4, 0.5) is 0 Å². The summed E-state index contributed by atoms with van der Waals surface area (Å²) in [6, 6.07) is 4.08. The summed E-state index contributed by atoms with van der Waals surface area (Å²) in [5, 5.41) is 4.57. The second kappa shape index (κ2) is 6.35. The van der Waals surface area contributed by atoms with Crippen LogP contribution in [0.15, 0.2) is 24.4 Å². The molecule has 1 aliphatic carbocycles. The van der Waals surface area contributed by atoms with Crippen LogP contribution in [0.3, 0.4) is 0 Å². The Morgan fingerprint density at radius 2 is 2.19 bits per heavy atom. The van der Waals surface area contributed by atoms with Gasteiger partial charge in [0.1, 0.15) is 0 Å². The highest BCUT2D eigenvalue weighted by Crippen LogP contribution is 2.25. The summed E-state index contributed by atoms with van der Waals surface area (Å²) < 4.78 is 2.13. The fourth-order valence-corrected chi connectivity index (χ4v) is 3.14. The molecule has 5 heteroatoms. The normalized spacial score (nSPS) is 17.5. The lowest BCUT2D eigenvalue weighted by molar-refractivity contribution is 0.183. The Kier molecular flexibility index (Phi) is 4.29. The molecule has 0 bridgehead atoms. The molecule has 1 aliphatic rings. The lowest BCUT2D eigenvalue weighted by Gasteiger charge is -2.25. The van der Waals surface area contributed by atoms with E-state index in [2.05, 4.69) is 26.1 Å². The van der Waals surface area contributed by atoms with Gasteiger partial charge in [0.15, 0.2) is 11.4 Å². The Balaban J connectivity index is 1.79. The van der Waals surface area contributed by atoms with Crippen LogP contribution in [0.5, 0.6) is 0 Å². The molecular weight excluding hydrogens is 264 g/mol. The molecule has 3 rings (SSSR count). The average Bonchev–Trinajstić information content (AvgIpc) is 2.51. The van der Waals surface area contributed by atoms with Gasteiger partial charge in [-0.1, -0.05) is 19.3 Å². The van der Waals surface area contributed by atoms with E-state index in [9.17, 15) is 0 Å². The van der Waals surface area contributed by atoms with Crippen LogP contribution in [0.2, 0.25) is 0 Å². The van der Waals surface area contributed by atoms with E-state index >= 15 is 0 Å². The van der Waals surface area contributed by atoms with Crippen molar-refractivity contribution < 1.29 is 4.84 Å². The Morgan fingerprint density at radius 1 is 1.38 bits per heavy atom. The van der Waals surface area contributed by atoms with Gasteiger partial charge in [0.2, 0.25) is 0 Å². The molecule has 2 heterocycles. The van der Waals surface area contributed by atoms with Crippen molar-refractivity contribution in [3.8, 4) is 0 Å². The predicted molar refractivity (Wildman–Crippen MR) is 83.6 cm³/mol. The fourth-order valence-electron chi connectivity index (χ4n) is 3.14. The summed E-state index contributed by atoms with van der Waals surface area (Å²) in [5.41, 5.74) is 4.80. The standard InChI is InChI=1S/C16H24N4O/c1-3-15(21-17-2)14-9-10-16-18-20(19(16)12-14)11-13-7-5-4-6-8-13/h3,9-10,12-13,17H,4-8,11H2,1-2H3/b15-3-. The van der Waals surface area contributed by atoms with Gasteiger partial charge in [-0.3, -0.25) is 0 Å². The minimum Gasteiger partial charge on any atom is -0.409 e. The molecule has 2 aromatic rings. The van der Waals surface area contributed by atoms with E-state index in [1.165, 1.54) is 32.1 Å². The SMILES string of the molecule is C/C=C(\ONC)c1ccc2nn(CC3CCCCC3)n2c1. The number of aromatic nitrogens is 3. The second-order valence-electron chi connectivity index (χ2n) is 5.74. The van der Waals surface area contributed by atoms with Crippen molar-refractivity contribution in [3.05, 3.63) is 30.0 Å². The molecule has 0 aliphatic heterocycles. The molecular formula is C16H24N4O. The first-order valence-corrected chi connectivity index (χ1v) is 7.87. The van der Waals surface area contributed by atoms with Crippen LogP contribution < -0.4 is 5.48 Å². The molecule has 0 spiro atoms. The molecule has 0 radical (unpaired) electrons. The third kappa shape index (κ3) is 2.97. The lowest BCUT2D eigenvalue weighted by atomic mass is 9.89. The van der Waals surface area contributed by atoms with Crippen LogP contribution in [-0.4, -0.2) is 21.5 Å². The van der Waals surface area contributed by atoms with E-state index in [4.69, 9.17) is 4.84 Å². The topological polar surface area (TPSA) is 43.5 Å². The molecule has 21 heavy (non-hydrogen) atoms. The number of allylic oxidation sites excluding steroid dienone is 1. The molecule has 2 aromatic heterocycles. The van der Waals surface area contributed by atoms with Gasteiger partial charge in [-0.05, 0) is 43.9 Å². The molecule has 1 N–H and O–H groups in total. The molecule has 0 amide bonds. The maximum atomic E-state index is 5.43. The van der Waals surface area contributed by atoms with E-state index in [1.54, 1.807) is 7.05 Å². The number of nitrogens with one attached hydrogen (secondary N) is 1. The van der Waals surface area contributed by atoms with E-state index < -0.39 is 0 Å². The highest BCUT2D eigenvalue weighted by Gasteiger charge is 2.17. The van der Waals surface area contributed by atoms with Crippen LogP contribution in [0.1, 0.15) is 44.6 Å². The van der Waals surface area contributed by atoms with Crippen molar-refractivity contribution in [2.24, 2.45) is 5.92 Å². The highest BCUT2D eigenvalue weighted by molar-refractivity contribution is 5.60. The predicted octanol–water partition coefficient (Wildman–Crippen LogP) is 3.23. The summed E-state index contributed by atoms with van der Waals surface area (Å²) in [7, 11) is 1.77. The average molecular weight is 288 g/mol. The van der Waals surface area contributed by atoms with E-state index in [0.717, 1.165) is 29.4 Å². The van der Waals surface area contributed by atoms with Crippen LogP contribution in [0, 0.1) is 5.92 Å². The summed E-state index contributed by atoms with van der Waals surface area (Å²) >= 11 is 0. The van der Waals surface area contributed by atoms with Crippen molar-refractivity contribution in [1.82, 2.24) is 19.9 Å². The number of pyridine rings is 1. The third-order valence-electron chi connectivity index (χ3n) is 4.28. The third-order valence-corrected chi connectivity index (χ3v) is 4.28. The van der Waals surface area contributed by atoms with Gasteiger partial charge in [0.25, 0.3) is 0 Å². The lowest BCUT2D eigenvalue weighted by Crippen LogP contribution is -2.26. The van der Waals surface area contributed by atoms with Gasteiger partial charge in [-0.25, -0.2) is 4.52 Å². The monoisotopic (exact) mass is 288 g/mol. The van der Waals surface area contributed by atoms with Gasteiger partial charge < -0.3 is 4.84 Å². The quantitative estimate of drug-likeness (QED) is 0.678. The molecule has 0 unspecified atom stereocenters. The van der Waals surface area contributed by atoms with E-state index in [-0.39, 0.29) is 0 Å². The van der Waals surface area contributed by atoms with E-state index in [1.807, 2.05) is 25.1 Å². The molecule has 5 nitrogen and oxygen atoms in total. The largest absolute Gasteiger partial charge is 0.409 e. The summed E-state index contributed by atoms with van der Waals surface area (Å²) in [4.78, 5) is 7.51. The minimum absolute atomic E-state index is 0.779. The van der Waals surface area contributed by atoms with Crippen molar-refractivity contribution >= 4 is 11.4 Å². The fraction of sp³-hybridized carbons (Fsp3) is 0.562. The zero-order valence-electron chi connectivity index (χ0n) is 12.9. The maximum absolute atomic E-state index is 5.43.